The third-order valence-electron chi connectivity index (χ3n) is 3.00. The normalized spacial score (nSPS) is 10.5. The second kappa shape index (κ2) is 5.72. The number of nitrogens with zero attached hydrogens (tertiary/aromatic N) is 3. The fourth-order valence-electron chi connectivity index (χ4n) is 1.99. The van der Waals surface area contributed by atoms with E-state index in [2.05, 4.69) is 15.6 Å². The van der Waals surface area contributed by atoms with E-state index in [0.29, 0.717) is 23.2 Å². The summed E-state index contributed by atoms with van der Waals surface area (Å²) in [5, 5.41) is 10.7. The van der Waals surface area contributed by atoms with Crippen molar-refractivity contribution in [3.63, 3.8) is 0 Å². The predicted molar refractivity (Wildman–Crippen MR) is 79.3 cm³/mol. The van der Waals surface area contributed by atoms with Gasteiger partial charge in [0.1, 0.15) is 11.5 Å². The van der Waals surface area contributed by atoms with Gasteiger partial charge in [-0.15, -0.1) is 5.10 Å². The lowest BCUT2D eigenvalue weighted by molar-refractivity contribution is 0.101. The van der Waals surface area contributed by atoms with E-state index in [1.807, 2.05) is 30.3 Å². The number of rotatable bonds is 4. The third-order valence-corrected chi connectivity index (χ3v) is 3.00. The molecule has 22 heavy (non-hydrogen) atoms. The summed E-state index contributed by atoms with van der Waals surface area (Å²) in [6.45, 7) is 1.75. The first-order valence-corrected chi connectivity index (χ1v) is 6.61. The molecule has 0 unspecified atom stereocenters. The minimum absolute atomic E-state index is 0.337. The van der Waals surface area contributed by atoms with Crippen LogP contribution in [0.3, 0.4) is 0 Å². The van der Waals surface area contributed by atoms with Crippen LogP contribution in [0.5, 0.6) is 5.88 Å². The molecule has 0 bridgehead atoms. The molecule has 112 valence electrons. The molecular weight excluding hydrogens is 284 g/mol. The average Bonchev–Trinajstić information content (AvgIpc) is 3.14. The lowest BCUT2D eigenvalue weighted by atomic mass is 10.3. The molecule has 0 fully saturated rings. The van der Waals surface area contributed by atoms with Crippen molar-refractivity contribution >= 4 is 11.7 Å². The van der Waals surface area contributed by atoms with Gasteiger partial charge >= 0.3 is 0 Å². The first kappa shape index (κ1) is 13.9. The van der Waals surface area contributed by atoms with Gasteiger partial charge in [-0.25, -0.2) is 4.68 Å². The largest absolute Gasteiger partial charge is 0.480 e. The van der Waals surface area contributed by atoms with Crippen LogP contribution in [0.2, 0.25) is 0 Å². The molecule has 1 amide bonds. The number of carbonyl (C=O) groups excluding carboxylic acids is 1. The number of benzene rings is 1. The Bertz CT molecular complexity index is 792. The number of methoxy groups -OCH3 is 1. The highest BCUT2D eigenvalue weighted by Gasteiger charge is 2.18. The zero-order chi connectivity index (χ0) is 15.5. The van der Waals surface area contributed by atoms with Crippen molar-refractivity contribution in [3.8, 4) is 11.6 Å². The van der Waals surface area contributed by atoms with Crippen LogP contribution < -0.4 is 10.1 Å². The number of hydrogen-bond donors (Lipinski definition) is 1. The van der Waals surface area contributed by atoms with Gasteiger partial charge in [-0.1, -0.05) is 23.4 Å². The number of nitrogens with one attached hydrogen (secondary N) is 1. The minimum atomic E-state index is -0.354. The molecule has 0 atom stereocenters. The second-order valence-electron chi connectivity index (χ2n) is 4.60. The van der Waals surface area contributed by atoms with Crippen molar-refractivity contribution in [1.29, 1.82) is 0 Å². The Morgan fingerprint density at radius 2 is 2.05 bits per heavy atom. The van der Waals surface area contributed by atoms with Crippen molar-refractivity contribution in [2.24, 2.45) is 0 Å². The van der Waals surface area contributed by atoms with E-state index < -0.39 is 0 Å². The van der Waals surface area contributed by atoms with E-state index in [-0.39, 0.29) is 5.91 Å². The Hall–Kier alpha value is -3.09. The van der Waals surface area contributed by atoms with E-state index in [1.54, 1.807) is 19.1 Å². The van der Waals surface area contributed by atoms with E-state index in [1.165, 1.54) is 11.8 Å². The van der Waals surface area contributed by atoms with Crippen LogP contribution in [0.25, 0.3) is 5.69 Å². The van der Waals surface area contributed by atoms with Gasteiger partial charge in [0.2, 0.25) is 5.88 Å². The number of hydrogen-bond acceptors (Lipinski definition) is 5. The third kappa shape index (κ3) is 2.69. The average molecular weight is 298 g/mol. The topological polar surface area (TPSA) is 82.2 Å². The predicted octanol–water partition coefficient (Wildman–Crippen LogP) is 2.43. The lowest BCUT2D eigenvalue weighted by Crippen LogP contribution is -2.17. The summed E-state index contributed by atoms with van der Waals surface area (Å²) < 4.78 is 11.6. The highest BCUT2D eigenvalue weighted by atomic mass is 16.5. The quantitative estimate of drug-likeness (QED) is 0.800. The maximum Gasteiger partial charge on any atom is 0.275 e. The fraction of sp³-hybridized carbons (Fsp3) is 0.133. The number of anilines is 1. The van der Waals surface area contributed by atoms with Crippen LogP contribution in [-0.4, -0.2) is 28.0 Å². The Morgan fingerprint density at radius 3 is 2.68 bits per heavy atom. The van der Waals surface area contributed by atoms with Crippen LogP contribution in [0.15, 0.2) is 47.0 Å². The zero-order valence-electron chi connectivity index (χ0n) is 12.1. The summed E-state index contributed by atoms with van der Waals surface area (Å²) in [4.78, 5) is 12.4. The van der Waals surface area contributed by atoms with E-state index >= 15 is 0 Å². The van der Waals surface area contributed by atoms with E-state index in [4.69, 9.17) is 9.26 Å². The van der Waals surface area contributed by atoms with Gasteiger partial charge in [0.25, 0.3) is 5.91 Å². The van der Waals surface area contributed by atoms with Gasteiger partial charge in [0.15, 0.2) is 5.82 Å². The summed E-state index contributed by atoms with van der Waals surface area (Å²) in [5.74, 6) is 0.963. The maximum absolute atomic E-state index is 12.4. The Balaban J connectivity index is 1.95. The summed E-state index contributed by atoms with van der Waals surface area (Å²) in [7, 11) is 1.50. The molecule has 2 aromatic heterocycles. The zero-order valence-corrected chi connectivity index (χ0v) is 12.1. The first-order chi connectivity index (χ1) is 10.7. The maximum atomic E-state index is 12.4. The monoisotopic (exact) mass is 298 g/mol. The summed E-state index contributed by atoms with van der Waals surface area (Å²) in [6.07, 6.45) is 0. The van der Waals surface area contributed by atoms with Crippen LogP contribution in [0, 0.1) is 6.92 Å². The molecule has 2 heterocycles. The summed E-state index contributed by atoms with van der Waals surface area (Å²) in [5.41, 5.74) is 1.09. The molecule has 0 spiro atoms. The van der Waals surface area contributed by atoms with Crippen molar-refractivity contribution in [1.82, 2.24) is 14.9 Å². The smallest absolute Gasteiger partial charge is 0.275 e. The molecule has 0 saturated carbocycles. The SMILES string of the molecule is COc1cc(C(=O)Nc2cc(C)on2)n(-c2ccccc2)n1. The van der Waals surface area contributed by atoms with Crippen molar-refractivity contribution in [2.75, 3.05) is 12.4 Å². The number of aryl methyl sites for hydroxylation is 1. The number of carbonyl (C=O) groups is 1. The molecule has 0 aliphatic heterocycles. The molecule has 3 rings (SSSR count). The number of aromatic nitrogens is 3. The molecule has 1 aromatic carbocycles. The number of amides is 1. The molecule has 3 aromatic rings. The van der Waals surface area contributed by atoms with Crippen LogP contribution in [0.1, 0.15) is 16.2 Å². The van der Waals surface area contributed by atoms with Gasteiger partial charge in [0, 0.05) is 12.1 Å². The number of para-hydroxylation sites is 1. The van der Waals surface area contributed by atoms with Crippen LogP contribution in [-0.2, 0) is 0 Å². The van der Waals surface area contributed by atoms with Crippen LogP contribution in [0.4, 0.5) is 5.82 Å². The van der Waals surface area contributed by atoms with Crippen molar-refractivity contribution in [3.05, 3.63) is 53.9 Å². The van der Waals surface area contributed by atoms with Crippen LogP contribution >= 0.6 is 0 Å². The minimum Gasteiger partial charge on any atom is -0.480 e. The molecule has 7 nitrogen and oxygen atoms in total. The van der Waals surface area contributed by atoms with Gasteiger partial charge in [0.05, 0.1) is 12.8 Å². The highest BCUT2D eigenvalue weighted by molar-refractivity contribution is 6.03. The molecule has 0 aliphatic carbocycles. The molecule has 1 N–H and O–H groups in total. The Morgan fingerprint density at radius 1 is 1.27 bits per heavy atom. The molecular formula is C15H14N4O3. The van der Waals surface area contributed by atoms with E-state index in [9.17, 15) is 4.79 Å². The first-order valence-electron chi connectivity index (χ1n) is 6.61. The van der Waals surface area contributed by atoms with Crippen molar-refractivity contribution in [2.45, 2.75) is 6.92 Å². The Kier molecular flexibility index (Phi) is 3.61. The van der Waals surface area contributed by atoms with Gasteiger partial charge in [-0.2, -0.15) is 0 Å². The summed E-state index contributed by atoms with van der Waals surface area (Å²) in [6, 6.07) is 12.5. The Labute approximate surface area is 126 Å². The van der Waals surface area contributed by atoms with E-state index in [0.717, 1.165) is 5.69 Å². The van der Waals surface area contributed by atoms with Gasteiger partial charge in [-0.3, -0.25) is 4.79 Å². The fourth-order valence-corrected chi connectivity index (χ4v) is 1.99. The molecule has 7 heteroatoms. The number of ether oxygens (including phenoxy) is 1. The van der Waals surface area contributed by atoms with Gasteiger partial charge in [-0.05, 0) is 19.1 Å². The second-order valence-corrected chi connectivity index (χ2v) is 4.60. The molecule has 0 aliphatic rings. The molecule has 0 saturated heterocycles. The highest BCUT2D eigenvalue weighted by Crippen LogP contribution is 2.18. The van der Waals surface area contributed by atoms with Crippen molar-refractivity contribution < 1.29 is 14.1 Å². The lowest BCUT2D eigenvalue weighted by Gasteiger charge is -2.06. The van der Waals surface area contributed by atoms with Gasteiger partial charge < -0.3 is 14.6 Å². The summed E-state index contributed by atoms with van der Waals surface area (Å²) >= 11 is 0. The molecule has 0 radical (unpaired) electrons. The standard InChI is InChI=1S/C15H14N4O3/c1-10-8-13(18-22-10)16-15(20)12-9-14(21-2)17-19(12)11-6-4-3-5-7-11/h3-9H,1-2H3,(H,16,18,20).